The van der Waals surface area contributed by atoms with Gasteiger partial charge in [0.05, 0.1) is 11.5 Å². The van der Waals surface area contributed by atoms with Gasteiger partial charge >= 0.3 is 11.2 Å². The van der Waals surface area contributed by atoms with Gasteiger partial charge in [0.15, 0.2) is 6.61 Å². The Morgan fingerprint density at radius 1 is 1.52 bits per heavy atom. The molecule has 1 heterocycles. The summed E-state index contributed by atoms with van der Waals surface area (Å²) in [5.41, 5.74) is -0.808. The molecule has 5 atom stereocenters. The van der Waals surface area contributed by atoms with E-state index in [2.05, 4.69) is 14.1 Å². The predicted octanol–water partition coefficient (Wildman–Crippen LogP) is 1.34. The maximum absolute atomic E-state index is 13.3. The van der Waals surface area contributed by atoms with Crippen LogP contribution < -0.4 is 0 Å². The number of hydrogen-bond donors (Lipinski definition) is 1. The summed E-state index contributed by atoms with van der Waals surface area (Å²) in [6.45, 7) is 0.354. The minimum atomic E-state index is -3.92. The van der Waals surface area contributed by atoms with Crippen molar-refractivity contribution in [2.45, 2.75) is 35.9 Å². The van der Waals surface area contributed by atoms with E-state index in [1.807, 2.05) is 0 Å². The molecule has 0 aromatic rings. The highest BCUT2D eigenvalue weighted by Gasteiger charge is 2.71. The van der Waals surface area contributed by atoms with Crippen LogP contribution >= 0.6 is 12.0 Å². The average Bonchev–Trinajstić information content (AvgIpc) is 2.99. The first-order valence-electron chi connectivity index (χ1n) is 6.74. The Morgan fingerprint density at radius 3 is 2.87 bits per heavy atom. The van der Waals surface area contributed by atoms with E-state index >= 15 is 0 Å². The Labute approximate surface area is 134 Å². The lowest BCUT2D eigenvalue weighted by atomic mass is 9.80. The van der Waals surface area contributed by atoms with Crippen molar-refractivity contribution >= 4 is 28.1 Å². The molecule has 0 aromatic heterocycles. The Balaban J connectivity index is 1.68. The van der Waals surface area contributed by atoms with Crippen molar-refractivity contribution in [3.63, 3.8) is 0 Å². The Hall–Kier alpha value is -0.530. The number of ether oxygens (including phenoxy) is 1. The van der Waals surface area contributed by atoms with E-state index in [9.17, 15) is 22.0 Å². The van der Waals surface area contributed by atoms with Gasteiger partial charge in [-0.1, -0.05) is 5.04 Å². The minimum absolute atomic E-state index is 0.266. The number of hydrogen-bond acceptors (Lipinski definition) is 9. The van der Waals surface area contributed by atoms with Gasteiger partial charge in [-0.3, -0.25) is 8.98 Å². The summed E-state index contributed by atoms with van der Waals surface area (Å²) in [7, 11) is -3.92. The maximum Gasteiger partial charge on any atom is 0.354 e. The number of esters is 1. The monoisotopic (exact) mass is 376 g/mol. The van der Waals surface area contributed by atoms with Crippen LogP contribution in [-0.4, -0.2) is 42.4 Å². The van der Waals surface area contributed by atoms with Crippen LogP contribution in [0.1, 0.15) is 19.8 Å². The van der Waals surface area contributed by atoms with Crippen LogP contribution in [0.25, 0.3) is 0 Å². The molecule has 0 amide bonds. The molecule has 1 aliphatic heterocycles. The molecule has 3 fully saturated rings. The van der Waals surface area contributed by atoms with Crippen molar-refractivity contribution in [2.75, 3.05) is 6.61 Å². The lowest BCUT2D eigenvalue weighted by Crippen LogP contribution is -2.41. The van der Waals surface area contributed by atoms with E-state index in [4.69, 9.17) is 9.44 Å². The first-order valence-corrected chi connectivity index (χ1v) is 8.96. The first-order chi connectivity index (χ1) is 10.6. The quantitative estimate of drug-likeness (QED) is 0.241. The third-order valence-electron chi connectivity index (χ3n) is 4.75. The molecule has 3 aliphatic rings. The fourth-order valence-electron chi connectivity index (χ4n) is 4.07. The Kier molecular flexibility index (Phi) is 4.13. The summed E-state index contributed by atoms with van der Waals surface area (Å²) in [6, 6.07) is 0. The standard InChI is InChI=1S/C11H14F2O8S2/c1-10-3-5-2-6(10)8(23(16,17)19-10)7(5)9(14)18-4-11(12,13)22-21-20-15/h5-8,15H,2-4H2,1H3. The van der Waals surface area contributed by atoms with E-state index in [0.29, 0.717) is 12.8 Å². The first kappa shape index (κ1) is 17.3. The summed E-state index contributed by atoms with van der Waals surface area (Å²) in [5, 5.41) is 6.19. The van der Waals surface area contributed by atoms with Crippen molar-refractivity contribution in [3.8, 4) is 0 Å². The van der Waals surface area contributed by atoms with Crippen molar-refractivity contribution < 1.29 is 45.5 Å². The fraction of sp³-hybridized carbons (Fsp3) is 0.909. The van der Waals surface area contributed by atoms with Crippen LogP contribution in [0.15, 0.2) is 0 Å². The van der Waals surface area contributed by atoms with Crippen molar-refractivity contribution in [3.05, 3.63) is 0 Å². The molecule has 2 bridgehead atoms. The number of carbonyl (C=O) groups is 1. The lowest BCUT2D eigenvalue weighted by Gasteiger charge is -2.28. The predicted molar refractivity (Wildman–Crippen MR) is 70.2 cm³/mol. The Morgan fingerprint density at radius 2 is 2.22 bits per heavy atom. The maximum atomic E-state index is 13.3. The molecule has 2 saturated carbocycles. The van der Waals surface area contributed by atoms with Crippen LogP contribution in [0.4, 0.5) is 8.78 Å². The molecule has 23 heavy (non-hydrogen) atoms. The molecule has 12 heteroatoms. The molecule has 0 aromatic carbocycles. The summed E-state index contributed by atoms with van der Waals surface area (Å²) in [5.74, 6) is -2.59. The van der Waals surface area contributed by atoms with E-state index in [1.54, 1.807) is 6.92 Å². The zero-order valence-electron chi connectivity index (χ0n) is 11.8. The van der Waals surface area contributed by atoms with Crippen LogP contribution in [0.5, 0.6) is 0 Å². The van der Waals surface area contributed by atoms with Crippen LogP contribution in [-0.2, 0) is 33.2 Å². The highest BCUT2D eigenvalue weighted by molar-refractivity contribution is 7.95. The Bertz CT molecular complexity index is 611. The van der Waals surface area contributed by atoms with E-state index < -0.39 is 56.8 Å². The zero-order chi connectivity index (χ0) is 17.0. The third kappa shape index (κ3) is 2.85. The lowest BCUT2D eigenvalue weighted by molar-refractivity contribution is -0.433. The molecule has 5 unspecified atom stereocenters. The van der Waals surface area contributed by atoms with E-state index in [0.717, 1.165) is 0 Å². The van der Waals surface area contributed by atoms with Crippen LogP contribution in [0, 0.1) is 17.8 Å². The minimum Gasteiger partial charge on any atom is -0.458 e. The second-order valence-electron chi connectivity index (χ2n) is 6.16. The van der Waals surface area contributed by atoms with Crippen molar-refractivity contribution in [1.29, 1.82) is 0 Å². The van der Waals surface area contributed by atoms with Gasteiger partial charge in [0, 0.05) is 5.92 Å². The summed E-state index contributed by atoms with van der Waals surface area (Å²) < 4.78 is 64.1. The zero-order valence-corrected chi connectivity index (χ0v) is 13.4. The van der Waals surface area contributed by atoms with Gasteiger partial charge in [0.2, 0.25) is 0 Å². The van der Waals surface area contributed by atoms with Gasteiger partial charge in [-0.15, -0.1) is 4.33 Å². The average molecular weight is 376 g/mol. The summed E-state index contributed by atoms with van der Waals surface area (Å²) >= 11 is -0.533. The third-order valence-corrected chi connectivity index (χ3v) is 7.14. The molecular formula is C11H14F2O8S2. The van der Waals surface area contributed by atoms with E-state index in [-0.39, 0.29) is 11.8 Å². The van der Waals surface area contributed by atoms with Crippen molar-refractivity contribution in [1.82, 2.24) is 0 Å². The van der Waals surface area contributed by atoms with Gasteiger partial charge in [-0.2, -0.15) is 17.2 Å². The highest BCUT2D eigenvalue weighted by Crippen LogP contribution is 2.62. The second-order valence-corrected chi connectivity index (χ2v) is 8.75. The van der Waals surface area contributed by atoms with Crippen molar-refractivity contribution in [2.24, 2.45) is 17.8 Å². The number of rotatable bonds is 6. The van der Waals surface area contributed by atoms with Gasteiger partial charge < -0.3 is 4.74 Å². The molecule has 8 nitrogen and oxygen atoms in total. The molecule has 1 N–H and O–H groups in total. The summed E-state index contributed by atoms with van der Waals surface area (Å²) in [4.78, 5) is 12.1. The molecule has 0 radical (unpaired) electrons. The molecule has 2 aliphatic carbocycles. The smallest absolute Gasteiger partial charge is 0.354 e. The topological polar surface area (TPSA) is 108 Å². The number of halogens is 2. The van der Waals surface area contributed by atoms with Gasteiger partial charge in [-0.05, 0) is 25.7 Å². The number of carbonyl (C=O) groups excluding carboxylic acids is 1. The molecule has 1 saturated heterocycles. The molecule has 132 valence electrons. The molecular weight excluding hydrogens is 362 g/mol. The van der Waals surface area contributed by atoms with Gasteiger partial charge in [0.1, 0.15) is 17.3 Å². The molecule has 0 spiro atoms. The van der Waals surface area contributed by atoms with Gasteiger partial charge in [0.25, 0.3) is 10.1 Å². The number of alkyl halides is 2. The molecule has 3 rings (SSSR count). The fourth-order valence-corrected chi connectivity index (χ4v) is 6.63. The van der Waals surface area contributed by atoms with Crippen LogP contribution in [0.3, 0.4) is 0 Å². The second kappa shape index (κ2) is 5.49. The SMILES string of the molecule is CC12CC3CC1C(C3C(=O)OCC(F)(F)SOOO)S(=O)(=O)O2. The summed E-state index contributed by atoms with van der Waals surface area (Å²) in [6.07, 6.45) is 0.868. The van der Waals surface area contributed by atoms with Gasteiger partial charge in [-0.25, -0.2) is 5.26 Å². The normalized spacial score (nSPS) is 40.5. The van der Waals surface area contributed by atoms with Crippen LogP contribution in [0.2, 0.25) is 0 Å². The number of fused-ring (bicyclic) bond motifs is 1. The highest BCUT2D eigenvalue weighted by atomic mass is 32.2. The van der Waals surface area contributed by atoms with E-state index in [1.165, 1.54) is 0 Å². The largest absolute Gasteiger partial charge is 0.458 e.